The molecular formula is C17H31NO3. The van der Waals surface area contributed by atoms with Crippen LogP contribution in [0.1, 0.15) is 72.1 Å². The van der Waals surface area contributed by atoms with Crippen LogP contribution in [-0.4, -0.2) is 34.9 Å². The van der Waals surface area contributed by atoms with Crippen molar-refractivity contribution in [3.63, 3.8) is 0 Å². The van der Waals surface area contributed by atoms with Gasteiger partial charge in [-0.05, 0) is 59.3 Å². The van der Waals surface area contributed by atoms with Crippen LogP contribution in [-0.2, 0) is 9.53 Å². The van der Waals surface area contributed by atoms with Crippen molar-refractivity contribution in [3.8, 4) is 0 Å². The number of nitrogens with one attached hydrogen (secondary N) is 1. The standard InChI is InChI=1S/C17H31NO3/c1-16(2,3)21-15(19)13-6-8-14(9-7-13)18-12-17(20)10-4-5-11-17/h13-14,18,20H,4-12H2,1-3H3. The molecule has 0 aliphatic heterocycles. The Hall–Kier alpha value is -0.610. The molecule has 2 saturated carbocycles. The Balaban J connectivity index is 1.69. The number of aliphatic hydroxyl groups is 1. The SMILES string of the molecule is CC(C)(C)OC(=O)C1CCC(NCC2(O)CCCC2)CC1. The zero-order chi connectivity index (χ0) is 15.5. The van der Waals surface area contributed by atoms with Crippen molar-refractivity contribution in [3.05, 3.63) is 0 Å². The predicted molar refractivity (Wildman–Crippen MR) is 83.0 cm³/mol. The maximum Gasteiger partial charge on any atom is 0.309 e. The smallest absolute Gasteiger partial charge is 0.309 e. The number of esters is 1. The van der Waals surface area contributed by atoms with E-state index in [0.29, 0.717) is 12.6 Å². The van der Waals surface area contributed by atoms with Crippen molar-refractivity contribution in [1.82, 2.24) is 5.32 Å². The largest absolute Gasteiger partial charge is 0.460 e. The molecule has 2 fully saturated rings. The molecule has 0 radical (unpaired) electrons. The summed E-state index contributed by atoms with van der Waals surface area (Å²) in [5.74, 6) is 0.00668. The Morgan fingerprint density at radius 3 is 2.29 bits per heavy atom. The molecule has 21 heavy (non-hydrogen) atoms. The third kappa shape index (κ3) is 5.26. The summed E-state index contributed by atoms with van der Waals surface area (Å²) < 4.78 is 5.47. The summed E-state index contributed by atoms with van der Waals surface area (Å²) in [7, 11) is 0. The lowest BCUT2D eigenvalue weighted by atomic mass is 9.85. The topological polar surface area (TPSA) is 58.6 Å². The van der Waals surface area contributed by atoms with Crippen LogP contribution in [0, 0.1) is 5.92 Å². The minimum Gasteiger partial charge on any atom is -0.460 e. The quantitative estimate of drug-likeness (QED) is 0.783. The van der Waals surface area contributed by atoms with Gasteiger partial charge in [0.2, 0.25) is 0 Å². The van der Waals surface area contributed by atoms with Crippen molar-refractivity contribution < 1.29 is 14.6 Å². The second-order valence-corrected chi connectivity index (χ2v) is 7.89. The number of carbonyl (C=O) groups is 1. The lowest BCUT2D eigenvalue weighted by Crippen LogP contribution is -2.44. The molecule has 4 nitrogen and oxygen atoms in total. The van der Waals surface area contributed by atoms with Crippen LogP contribution >= 0.6 is 0 Å². The predicted octanol–water partition coefficient (Wildman–Crippen LogP) is 2.78. The second-order valence-electron chi connectivity index (χ2n) is 7.89. The van der Waals surface area contributed by atoms with Crippen molar-refractivity contribution in [2.75, 3.05) is 6.54 Å². The summed E-state index contributed by atoms with van der Waals surface area (Å²) in [4.78, 5) is 12.1. The van der Waals surface area contributed by atoms with Gasteiger partial charge < -0.3 is 15.2 Å². The molecule has 122 valence electrons. The zero-order valence-electron chi connectivity index (χ0n) is 13.8. The number of rotatable bonds is 4. The fourth-order valence-corrected chi connectivity index (χ4v) is 3.46. The van der Waals surface area contributed by atoms with E-state index >= 15 is 0 Å². The maximum absolute atomic E-state index is 12.1. The first-order valence-corrected chi connectivity index (χ1v) is 8.46. The van der Waals surface area contributed by atoms with E-state index in [0.717, 1.165) is 51.4 Å². The summed E-state index contributed by atoms with van der Waals surface area (Å²) in [5, 5.41) is 13.9. The van der Waals surface area contributed by atoms with E-state index in [1.54, 1.807) is 0 Å². The molecule has 0 atom stereocenters. The van der Waals surface area contributed by atoms with Gasteiger partial charge in [-0.2, -0.15) is 0 Å². The fourth-order valence-electron chi connectivity index (χ4n) is 3.46. The van der Waals surface area contributed by atoms with E-state index in [1.807, 2.05) is 20.8 Å². The summed E-state index contributed by atoms with van der Waals surface area (Å²) in [6, 6.07) is 0.438. The Kier molecular flexibility index (Phi) is 5.31. The molecule has 2 aliphatic rings. The minimum absolute atomic E-state index is 0.0460. The normalized spacial score (nSPS) is 29.3. The van der Waals surface area contributed by atoms with E-state index in [4.69, 9.17) is 4.74 Å². The molecule has 2 aliphatic carbocycles. The van der Waals surface area contributed by atoms with E-state index < -0.39 is 11.2 Å². The molecular weight excluding hydrogens is 266 g/mol. The average Bonchev–Trinajstić information content (AvgIpc) is 2.82. The first-order valence-electron chi connectivity index (χ1n) is 8.46. The molecule has 0 amide bonds. The van der Waals surface area contributed by atoms with Crippen LogP contribution < -0.4 is 5.32 Å². The Bertz CT molecular complexity index is 348. The van der Waals surface area contributed by atoms with Crippen LogP contribution in [0.3, 0.4) is 0 Å². The molecule has 0 bridgehead atoms. The molecule has 2 rings (SSSR count). The van der Waals surface area contributed by atoms with E-state index in [9.17, 15) is 9.90 Å². The average molecular weight is 297 g/mol. The monoisotopic (exact) mass is 297 g/mol. The lowest BCUT2D eigenvalue weighted by molar-refractivity contribution is -0.161. The van der Waals surface area contributed by atoms with Gasteiger partial charge in [0.25, 0.3) is 0 Å². The number of carbonyl (C=O) groups excluding carboxylic acids is 1. The highest BCUT2D eigenvalue weighted by molar-refractivity contribution is 5.73. The molecule has 0 aromatic heterocycles. The maximum atomic E-state index is 12.1. The molecule has 0 saturated heterocycles. The summed E-state index contributed by atoms with van der Waals surface area (Å²) in [6.45, 7) is 6.45. The summed E-state index contributed by atoms with van der Waals surface area (Å²) >= 11 is 0. The molecule has 4 heteroatoms. The minimum atomic E-state index is -0.484. The molecule has 2 N–H and O–H groups in total. The van der Waals surface area contributed by atoms with Gasteiger partial charge in [-0.3, -0.25) is 4.79 Å². The van der Waals surface area contributed by atoms with Gasteiger partial charge in [0, 0.05) is 12.6 Å². The molecule has 0 aromatic rings. The third-order valence-electron chi connectivity index (χ3n) is 4.72. The van der Waals surface area contributed by atoms with Crippen molar-refractivity contribution in [2.24, 2.45) is 5.92 Å². The van der Waals surface area contributed by atoms with Crippen LogP contribution in [0.2, 0.25) is 0 Å². The second kappa shape index (κ2) is 6.66. The number of hydrogen-bond acceptors (Lipinski definition) is 4. The molecule has 0 heterocycles. The molecule has 0 aromatic carbocycles. The number of hydrogen-bond donors (Lipinski definition) is 2. The third-order valence-corrected chi connectivity index (χ3v) is 4.72. The zero-order valence-corrected chi connectivity index (χ0v) is 13.8. The van der Waals surface area contributed by atoms with Gasteiger partial charge in [0.15, 0.2) is 0 Å². The van der Waals surface area contributed by atoms with Gasteiger partial charge in [0.1, 0.15) is 5.60 Å². The van der Waals surface area contributed by atoms with Crippen LogP contribution in [0.5, 0.6) is 0 Å². The molecule has 0 spiro atoms. The first-order chi connectivity index (χ1) is 9.77. The highest BCUT2D eigenvalue weighted by atomic mass is 16.6. The van der Waals surface area contributed by atoms with Crippen LogP contribution in [0.15, 0.2) is 0 Å². The lowest BCUT2D eigenvalue weighted by Gasteiger charge is -2.32. The van der Waals surface area contributed by atoms with Crippen molar-refractivity contribution >= 4 is 5.97 Å². The summed E-state index contributed by atoms with van der Waals surface area (Å²) in [6.07, 6.45) is 7.92. The number of ether oxygens (including phenoxy) is 1. The fraction of sp³-hybridized carbons (Fsp3) is 0.941. The first kappa shape index (κ1) is 16.8. The van der Waals surface area contributed by atoms with Crippen molar-refractivity contribution in [2.45, 2.75) is 89.4 Å². The Morgan fingerprint density at radius 2 is 1.76 bits per heavy atom. The van der Waals surface area contributed by atoms with Crippen molar-refractivity contribution in [1.29, 1.82) is 0 Å². The molecule has 0 unspecified atom stereocenters. The van der Waals surface area contributed by atoms with Gasteiger partial charge in [-0.1, -0.05) is 12.8 Å². The Labute approximate surface area is 128 Å². The van der Waals surface area contributed by atoms with E-state index in [2.05, 4.69) is 5.32 Å². The van der Waals surface area contributed by atoms with Gasteiger partial charge in [-0.15, -0.1) is 0 Å². The van der Waals surface area contributed by atoms with Crippen LogP contribution in [0.4, 0.5) is 0 Å². The van der Waals surface area contributed by atoms with Gasteiger partial charge in [0.05, 0.1) is 11.5 Å². The van der Waals surface area contributed by atoms with E-state index in [-0.39, 0.29) is 11.9 Å². The highest BCUT2D eigenvalue weighted by Gasteiger charge is 2.33. The highest BCUT2D eigenvalue weighted by Crippen LogP contribution is 2.30. The van der Waals surface area contributed by atoms with Crippen LogP contribution in [0.25, 0.3) is 0 Å². The van der Waals surface area contributed by atoms with Gasteiger partial charge >= 0.3 is 5.97 Å². The Morgan fingerprint density at radius 1 is 1.19 bits per heavy atom. The van der Waals surface area contributed by atoms with Gasteiger partial charge in [-0.25, -0.2) is 0 Å². The van der Waals surface area contributed by atoms with E-state index in [1.165, 1.54) is 0 Å². The summed E-state index contributed by atoms with van der Waals surface area (Å²) in [5.41, 5.74) is -0.875.